The van der Waals surface area contributed by atoms with Gasteiger partial charge in [0.05, 0.1) is 6.20 Å². The topological polar surface area (TPSA) is 72.9 Å². The highest BCUT2D eigenvalue weighted by molar-refractivity contribution is 5.91. The van der Waals surface area contributed by atoms with Gasteiger partial charge in [-0.15, -0.1) is 0 Å². The van der Waals surface area contributed by atoms with Crippen molar-refractivity contribution in [1.82, 2.24) is 15.1 Å². The second-order valence-corrected chi connectivity index (χ2v) is 4.56. The highest BCUT2D eigenvalue weighted by atomic mass is 16.1. The van der Waals surface area contributed by atoms with Crippen molar-refractivity contribution >= 4 is 17.7 Å². The van der Waals surface area contributed by atoms with Crippen LogP contribution < -0.4 is 11.1 Å². The van der Waals surface area contributed by atoms with Crippen LogP contribution in [0.3, 0.4) is 0 Å². The average Bonchev–Trinajstić information content (AvgIpc) is 2.84. The second-order valence-electron chi connectivity index (χ2n) is 4.56. The van der Waals surface area contributed by atoms with E-state index in [0.717, 1.165) is 17.5 Å². The van der Waals surface area contributed by atoms with E-state index >= 15 is 0 Å². The molecule has 2 rings (SSSR count). The van der Waals surface area contributed by atoms with E-state index in [1.165, 1.54) is 6.08 Å². The molecular formula is C15H18N4O. The van der Waals surface area contributed by atoms with Crippen molar-refractivity contribution in [2.75, 3.05) is 12.3 Å². The van der Waals surface area contributed by atoms with Crippen LogP contribution in [0.15, 0.2) is 42.7 Å². The van der Waals surface area contributed by atoms with Gasteiger partial charge >= 0.3 is 0 Å². The second kappa shape index (κ2) is 6.56. The number of rotatable bonds is 5. The quantitative estimate of drug-likeness (QED) is 0.636. The smallest absolute Gasteiger partial charge is 0.244 e. The van der Waals surface area contributed by atoms with E-state index in [-0.39, 0.29) is 5.91 Å². The van der Waals surface area contributed by atoms with Crippen molar-refractivity contribution < 1.29 is 4.79 Å². The molecular weight excluding hydrogens is 252 g/mol. The maximum absolute atomic E-state index is 11.6. The summed E-state index contributed by atoms with van der Waals surface area (Å²) in [5.41, 5.74) is 8.36. The van der Waals surface area contributed by atoms with Gasteiger partial charge in [-0.3, -0.25) is 9.48 Å². The van der Waals surface area contributed by atoms with Crippen LogP contribution in [-0.2, 0) is 18.3 Å². The number of nitrogens with one attached hydrogen (secondary N) is 1. The average molecular weight is 270 g/mol. The number of carbonyl (C=O) groups is 1. The third-order valence-electron chi connectivity index (χ3n) is 2.83. The van der Waals surface area contributed by atoms with Crippen molar-refractivity contribution in [3.63, 3.8) is 0 Å². The van der Waals surface area contributed by atoms with Gasteiger partial charge < -0.3 is 11.1 Å². The lowest BCUT2D eigenvalue weighted by molar-refractivity contribution is -0.116. The number of benzene rings is 1. The van der Waals surface area contributed by atoms with Crippen molar-refractivity contribution in [3.05, 3.63) is 53.9 Å². The molecule has 0 aliphatic rings. The molecule has 1 aromatic carbocycles. The van der Waals surface area contributed by atoms with Crippen LogP contribution in [0.5, 0.6) is 0 Å². The van der Waals surface area contributed by atoms with Crippen LogP contribution in [0.4, 0.5) is 5.69 Å². The minimum atomic E-state index is -0.106. The molecule has 0 spiro atoms. The van der Waals surface area contributed by atoms with Crippen molar-refractivity contribution in [3.8, 4) is 0 Å². The van der Waals surface area contributed by atoms with Gasteiger partial charge in [-0.1, -0.05) is 12.1 Å². The van der Waals surface area contributed by atoms with Gasteiger partial charge in [0.2, 0.25) is 5.91 Å². The van der Waals surface area contributed by atoms with Gasteiger partial charge in [0.15, 0.2) is 0 Å². The largest absolute Gasteiger partial charge is 0.399 e. The van der Waals surface area contributed by atoms with E-state index in [2.05, 4.69) is 10.4 Å². The molecule has 5 nitrogen and oxygen atoms in total. The fourth-order valence-electron chi connectivity index (χ4n) is 1.77. The van der Waals surface area contributed by atoms with E-state index in [0.29, 0.717) is 12.2 Å². The summed E-state index contributed by atoms with van der Waals surface area (Å²) in [6, 6.07) is 7.35. The number of anilines is 1. The summed E-state index contributed by atoms with van der Waals surface area (Å²) in [4.78, 5) is 11.6. The van der Waals surface area contributed by atoms with Crippen LogP contribution in [0.1, 0.15) is 11.1 Å². The van der Waals surface area contributed by atoms with Gasteiger partial charge in [-0.2, -0.15) is 5.10 Å². The summed E-state index contributed by atoms with van der Waals surface area (Å²) in [6.07, 6.45) is 7.80. The number of nitrogens with two attached hydrogens (primary N) is 1. The molecule has 0 aliphatic carbocycles. The van der Waals surface area contributed by atoms with E-state index in [4.69, 9.17) is 5.73 Å². The number of amides is 1. The first-order valence-electron chi connectivity index (χ1n) is 6.42. The molecule has 0 bridgehead atoms. The molecule has 5 heteroatoms. The molecule has 0 radical (unpaired) electrons. The predicted octanol–water partition coefficient (Wildman–Crippen LogP) is 1.37. The molecule has 0 aliphatic heterocycles. The molecule has 0 saturated heterocycles. The highest BCUT2D eigenvalue weighted by Crippen LogP contribution is 2.06. The van der Waals surface area contributed by atoms with Crippen LogP contribution in [0.2, 0.25) is 0 Å². The lowest BCUT2D eigenvalue weighted by Gasteiger charge is -2.00. The van der Waals surface area contributed by atoms with E-state index in [9.17, 15) is 4.79 Å². The zero-order valence-corrected chi connectivity index (χ0v) is 11.4. The maximum atomic E-state index is 11.6. The Labute approximate surface area is 118 Å². The minimum Gasteiger partial charge on any atom is -0.399 e. The number of hydrogen-bond donors (Lipinski definition) is 2. The summed E-state index contributed by atoms with van der Waals surface area (Å²) >= 11 is 0. The first-order chi connectivity index (χ1) is 9.63. The standard InChI is InChI=1S/C15H18N4O/c1-19-11-13(10-18-19)8-9-17-15(20)7-4-12-2-5-14(16)6-3-12/h2-7,10-11H,8-9,16H2,1H3,(H,17,20)/b7-4+. The van der Waals surface area contributed by atoms with Crippen molar-refractivity contribution in [2.24, 2.45) is 7.05 Å². The Kier molecular flexibility index (Phi) is 4.55. The molecule has 20 heavy (non-hydrogen) atoms. The lowest BCUT2D eigenvalue weighted by Crippen LogP contribution is -2.23. The first kappa shape index (κ1) is 13.9. The van der Waals surface area contributed by atoms with E-state index in [1.807, 2.05) is 25.4 Å². The van der Waals surface area contributed by atoms with E-state index in [1.54, 1.807) is 29.1 Å². The molecule has 3 N–H and O–H groups in total. The van der Waals surface area contributed by atoms with Gasteiger partial charge in [0, 0.05) is 31.6 Å². The van der Waals surface area contributed by atoms with Gasteiger partial charge in [-0.25, -0.2) is 0 Å². The highest BCUT2D eigenvalue weighted by Gasteiger charge is 1.98. The molecule has 0 saturated carbocycles. The number of hydrogen-bond acceptors (Lipinski definition) is 3. The summed E-state index contributed by atoms with van der Waals surface area (Å²) in [6.45, 7) is 0.594. The number of aromatic nitrogens is 2. The van der Waals surface area contributed by atoms with E-state index < -0.39 is 0 Å². The van der Waals surface area contributed by atoms with Crippen LogP contribution in [0, 0.1) is 0 Å². The van der Waals surface area contributed by atoms with Gasteiger partial charge in [-0.05, 0) is 35.8 Å². The lowest BCUT2D eigenvalue weighted by atomic mass is 10.2. The Bertz CT molecular complexity index is 599. The maximum Gasteiger partial charge on any atom is 0.244 e. The monoisotopic (exact) mass is 270 g/mol. The Morgan fingerprint density at radius 3 is 2.80 bits per heavy atom. The number of nitrogen functional groups attached to an aromatic ring is 1. The Morgan fingerprint density at radius 2 is 2.15 bits per heavy atom. The molecule has 2 aromatic rings. The van der Waals surface area contributed by atoms with Crippen molar-refractivity contribution in [1.29, 1.82) is 0 Å². The van der Waals surface area contributed by atoms with Crippen LogP contribution in [-0.4, -0.2) is 22.2 Å². The fourth-order valence-corrected chi connectivity index (χ4v) is 1.77. The normalized spacial score (nSPS) is 10.8. The van der Waals surface area contributed by atoms with Crippen molar-refractivity contribution in [2.45, 2.75) is 6.42 Å². The summed E-state index contributed by atoms with van der Waals surface area (Å²) in [5, 5.41) is 6.91. The Balaban J connectivity index is 1.76. The predicted molar refractivity (Wildman–Crippen MR) is 79.8 cm³/mol. The fraction of sp³-hybridized carbons (Fsp3) is 0.200. The summed E-state index contributed by atoms with van der Waals surface area (Å²) in [7, 11) is 1.87. The first-order valence-corrected chi connectivity index (χ1v) is 6.42. The number of nitrogens with zero attached hydrogens (tertiary/aromatic N) is 2. The summed E-state index contributed by atoms with van der Waals surface area (Å²) in [5.74, 6) is -0.106. The minimum absolute atomic E-state index is 0.106. The third kappa shape index (κ3) is 4.28. The van der Waals surface area contributed by atoms with Gasteiger partial charge in [0.25, 0.3) is 0 Å². The Hall–Kier alpha value is -2.56. The molecule has 0 atom stereocenters. The van der Waals surface area contributed by atoms with Crippen LogP contribution in [0.25, 0.3) is 6.08 Å². The number of carbonyl (C=O) groups excluding carboxylic acids is 1. The molecule has 104 valence electrons. The molecule has 1 amide bonds. The molecule has 0 fully saturated rings. The van der Waals surface area contributed by atoms with Gasteiger partial charge in [0.1, 0.15) is 0 Å². The zero-order valence-electron chi connectivity index (χ0n) is 11.4. The third-order valence-corrected chi connectivity index (χ3v) is 2.83. The molecule has 0 unspecified atom stereocenters. The Morgan fingerprint density at radius 1 is 1.40 bits per heavy atom. The SMILES string of the molecule is Cn1cc(CCNC(=O)/C=C/c2ccc(N)cc2)cn1. The van der Waals surface area contributed by atoms with Crippen LogP contribution >= 0.6 is 0 Å². The summed E-state index contributed by atoms with van der Waals surface area (Å²) < 4.78 is 1.75. The zero-order chi connectivity index (χ0) is 14.4. The molecule has 1 aromatic heterocycles. The molecule has 1 heterocycles. The number of aryl methyl sites for hydroxylation is 1.